The van der Waals surface area contributed by atoms with E-state index < -0.39 is 0 Å². The molecule has 4 aromatic rings. The lowest BCUT2D eigenvalue weighted by atomic mass is 10.1. The Bertz CT molecular complexity index is 1100. The standard InChI is InChI=1S/C22H21N3OS/c1-15-8-10-19(16(2)12-15)23-21(26)11-9-18-14-27-22-24-20(13-25(18)22)17-6-4-3-5-7-17/h3-8,10,12-14H,9,11H2,1-2H3,(H,23,26). The van der Waals surface area contributed by atoms with Crippen molar-refractivity contribution in [3.63, 3.8) is 0 Å². The van der Waals surface area contributed by atoms with Crippen molar-refractivity contribution in [3.05, 3.63) is 76.9 Å². The van der Waals surface area contributed by atoms with Crippen LogP contribution >= 0.6 is 11.3 Å². The molecule has 27 heavy (non-hydrogen) atoms. The van der Waals surface area contributed by atoms with E-state index in [9.17, 15) is 4.79 Å². The van der Waals surface area contributed by atoms with E-state index in [1.807, 2.05) is 37.3 Å². The fourth-order valence-corrected chi connectivity index (χ4v) is 4.07. The van der Waals surface area contributed by atoms with Crippen LogP contribution in [0.25, 0.3) is 16.2 Å². The average Bonchev–Trinajstić information content (AvgIpc) is 3.24. The van der Waals surface area contributed by atoms with Gasteiger partial charge in [-0.15, -0.1) is 11.3 Å². The second-order valence-corrected chi connectivity index (χ2v) is 7.57. The first-order valence-corrected chi connectivity index (χ1v) is 9.86. The maximum Gasteiger partial charge on any atom is 0.224 e. The minimum Gasteiger partial charge on any atom is -0.326 e. The molecule has 0 aliphatic heterocycles. The van der Waals surface area contributed by atoms with Crippen molar-refractivity contribution in [2.45, 2.75) is 26.7 Å². The molecule has 1 N–H and O–H groups in total. The summed E-state index contributed by atoms with van der Waals surface area (Å²) < 4.78 is 2.09. The van der Waals surface area contributed by atoms with E-state index in [0.717, 1.165) is 33.2 Å². The zero-order valence-corrected chi connectivity index (χ0v) is 16.2. The summed E-state index contributed by atoms with van der Waals surface area (Å²) >= 11 is 1.61. The fourth-order valence-electron chi connectivity index (χ4n) is 3.17. The van der Waals surface area contributed by atoms with Crippen molar-refractivity contribution in [2.24, 2.45) is 0 Å². The Hall–Kier alpha value is -2.92. The minimum atomic E-state index is 0.0321. The van der Waals surface area contributed by atoms with Crippen molar-refractivity contribution in [2.75, 3.05) is 5.32 Å². The van der Waals surface area contributed by atoms with Crippen LogP contribution in [0, 0.1) is 13.8 Å². The SMILES string of the molecule is Cc1ccc(NC(=O)CCc2csc3nc(-c4ccccc4)cn23)c(C)c1. The van der Waals surface area contributed by atoms with Gasteiger partial charge in [-0.3, -0.25) is 9.20 Å². The minimum absolute atomic E-state index is 0.0321. The van der Waals surface area contributed by atoms with Gasteiger partial charge in [0.1, 0.15) is 0 Å². The molecule has 0 unspecified atom stereocenters. The number of anilines is 1. The molecule has 0 aliphatic carbocycles. The lowest BCUT2D eigenvalue weighted by Crippen LogP contribution is -2.13. The van der Waals surface area contributed by atoms with Gasteiger partial charge < -0.3 is 5.32 Å². The van der Waals surface area contributed by atoms with Crippen LogP contribution in [-0.2, 0) is 11.2 Å². The van der Waals surface area contributed by atoms with E-state index in [1.165, 1.54) is 5.56 Å². The van der Waals surface area contributed by atoms with Crippen LogP contribution in [0.4, 0.5) is 5.69 Å². The number of benzene rings is 2. The molecule has 0 fully saturated rings. The van der Waals surface area contributed by atoms with Gasteiger partial charge in [-0.05, 0) is 31.9 Å². The van der Waals surface area contributed by atoms with E-state index in [1.54, 1.807) is 11.3 Å². The third-order valence-corrected chi connectivity index (χ3v) is 5.51. The Balaban J connectivity index is 1.45. The summed E-state index contributed by atoms with van der Waals surface area (Å²) in [5, 5.41) is 5.10. The molecule has 4 rings (SSSR count). The molecule has 0 radical (unpaired) electrons. The molecule has 0 atom stereocenters. The molecule has 0 bridgehead atoms. The van der Waals surface area contributed by atoms with Gasteiger partial charge in [0, 0.05) is 34.9 Å². The Morgan fingerprint density at radius 3 is 2.74 bits per heavy atom. The van der Waals surface area contributed by atoms with Crippen LogP contribution in [0.2, 0.25) is 0 Å². The normalized spacial score (nSPS) is 11.0. The summed E-state index contributed by atoms with van der Waals surface area (Å²) in [6, 6.07) is 16.2. The molecule has 136 valence electrons. The van der Waals surface area contributed by atoms with E-state index >= 15 is 0 Å². The van der Waals surface area contributed by atoms with Crippen LogP contribution in [0.15, 0.2) is 60.1 Å². The van der Waals surface area contributed by atoms with E-state index in [4.69, 9.17) is 4.98 Å². The average molecular weight is 375 g/mol. The first-order chi connectivity index (χ1) is 13.1. The van der Waals surface area contributed by atoms with Crippen molar-refractivity contribution in [1.82, 2.24) is 9.38 Å². The predicted molar refractivity (Wildman–Crippen MR) is 111 cm³/mol. The van der Waals surface area contributed by atoms with Gasteiger partial charge in [-0.1, -0.05) is 48.0 Å². The Kier molecular flexibility index (Phi) is 4.77. The monoisotopic (exact) mass is 375 g/mol. The first kappa shape index (κ1) is 17.5. The van der Waals surface area contributed by atoms with Crippen LogP contribution in [0.1, 0.15) is 23.2 Å². The number of aryl methyl sites for hydroxylation is 3. The number of amides is 1. The van der Waals surface area contributed by atoms with Crippen LogP contribution in [0.3, 0.4) is 0 Å². The smallest absolute Gasteiger partial charge is 0.224 e. The highest BCUT2D eigenvalue weighted by atomic mass is 32.1. The van der Waals surface area contributed by atoms with Gasteiger partial charge in [-0.2, -0.15) is 0 Å². The van der Waals surface area contributed by atoms with E-state index in [-0.39, 0.29) is 5.91 Å². The van der Waals surface area contributed by atoms with Gasteiger partial charge >= 0.3 is 0 Å². The lowest BCUT2D eigenvalue weighted by molar-refractivity contribution is -0.116. The molecule has 0 spiro atoms. The predicted octanol–water partition coefficient (Wildman–Crippen LogP) is 5.25. The number of imidazole rings is 1. The third-order valence-electron chi connectivity index (χ3n) is 4.62. The fraction of sp³-hybridized carbons (Fsp3) is 0.182. The number of aromatic nitrogens is 2. The highest BCUT2D eigenvalue weighted by Gasteiger charge is 2.11. The number of carbonyl (C=O) groups excluding carboxylic acids is 1. The molecular weight excluding hydrogens is 354 g/mol. The highest BCUT2D eigenvalue weighted by molar-refractivity contribution is 7.15. The summed E-state index contributed by atoms with van der Waals surface area (Å²) in [6.07, 6.45) is 3.18. The van der Waals surface area contributed by atoms with Crippen LogP contribution in [0.5, 0.6) is 0 Å². The Morgan fingerprint density at radius 2 is 1.96 bits per heavy atom. The van der Waals surface area contributed by atoms with Crippen molar-refractivity contribution in [3.8, 4) is 11.3 Å². The molecular formula is C22H21N3OS. The zero-order chi connectivity index (χ0) is 18.8. The quantitative estimate of drug-likeness (QED) is 0.518. The number of nitrogens with one attached hydrogen (secondary N) is 1. The molecule has 5 heteroatoms. The van der Waals surface area contributed by atoms with Crippen LogP contribution in [-0.4, -0.2) is 15.3 Å². The second-order valence-electron chi connectivity index (χ2n) is 6.74. The van der Waals surface area contributed by atoms with Gasteiger partial charge in [0.2, 0.25) is 5.91 Å². The number of nitrogens with zero attached hydrogens (tertiary/aromatic N) is 2. The Labute approximate surface area is 162 Å². The summed E-state index contributed by atoms with van der Waals surface area (Å²) in [6.45, 7) is 4.07. The summed E-state index contributed by atoms with van der Waals surface area (Å²) in [4.78, 5) is 18.0. The highest BCUT2D eigenvalue weighted by Crippen LogP contribution is 2.24. The van der Waals surface area contributed by atoms with E-state index in [0.29, 0.717) is 12.8 Å². The summed E-state index contributed by atoms with van der Waals surface area (Å²) in [5.41, 5.74) is 6.34. The number of hydrogen-bond acceptors (Lipinski definition) is 3. The third kappa shape index (κ3) is 3.78. The lowest BCUT2D eigenvalue weighted by Gasteiger charge is -2.09. The number of rotatable bonds is 5. The zero-order valence-electron chi connectivity index (χ0n) is 15.4. The van der Waals surface area contributed by atoms with Gasteiger partial charge in [0.25, 0.3) is 0 Å². The molecule has 0 saturated heterocycles. The molecule has 4 nitrogen and oxygen atoms in total. The topological polar surface area (TPSA) is 46.4 Å². The molecule has 0 saturated carbocycles. The second kappa shape index (κ2) is 7.37. The molecule has 2 aromatic heterocycles. The van der Waals surface area contributed by atoms with Gasteiger partial charge in [0.05, 0.1) is 5.69 Å². The number of carbonyl (C=O) groups is 1. The molecule has 2 heterocycles. The van der Waals surface area contributed by atoms with Gasteiger partial charge in [-0.25, -0.2) is 4.98 Å². The summed E-state index contributed by atoms with van der Waals surface area (Å²) in [5.74, 6) is 0.0321. The van der Waals surface area contributed by atoms with Crippen molar-refractivity contribution >= 4 is 27.9 Å². The number of thiazole rings is 1. The molecule has 2 aromatic carbocycles. The summed E-state index contributed by atoms with van der Waals surface area (Å²) in [7, 11) is 0. The van der Waals surface area contributed by atoms with Crippen molar-refractivity contribution < 1.29 is 4.79 Å². The molecule has 0 aliphatic rings. The Morgan fingerprint density at radius 1 is 1.15 bits per heavy atom. The molecule has 1 amide bonds. The van der Waals surface area contributed by atoms with Crippen LogP contribution < -0.4 is 5.32 Å². The maximum atomic E-state index is 12.4. The van der Waals surface area contributed by atoms with Gasteiger partial charge in [0.15, 0.2) is 4.96 Å². The van der Waals surface area contributed by atoms with E-state index in [2.05, 4.69) is 46.4 Å². The largest absolute Gasteiger partial charge is 0.326 e. The van der Waals surface area contributed by atoms with Crippen molar-refractivity contribution in [1.29, 1.82) is 0 Å². The maximum absolute atomic E-state index is 12.4. The number of hydrogen-bond donors (Lipinski definition) is 1. The first-order valence-electron chi connectivity index (χ1n) is 8.98. The number of fused-ring (bicyclic) bond motifs is 1.